The van der Waals surface area contributed by atoms with E-state index in [1.54, 1.807) is 41.3 Å². The summed E-state index contributed by atoms with van der Waals surface area (Å²) >= 11 is 1.55. The zero-order valence-electron chi connectivity index (χ0n) is 19.5. The summed E-state index contributed by atoms with van der Waals surface area (Å²) in [5, 5.41) is 12.3. The molecule has 7 nitrogen and oxygen atoms in total. The van der Waals surface area contributed by atoms with Gasteiger partial charge in [0.25, 0.3) is 11.8 Å². The van der Waals surface area contributed by atoms with Crippen molar-refractivity contribution in [3.8, 4) is 16.3 Å². The van der Waals surface area contributed by atoms with Crippen LogP contribution in [-0.4, -0.2) is 41.9 Å². The molecule has 35 heavy (non-hydrogen) atoms. The summed E-state index contributed by atoms with van der Waals surface area (Å²) in [7, 11) is 1.56. The minimum atomic E-state index is -0.410. The lowest BCUT2D eigenvalue weighted by molar-refractivity contribution is -0.117. The quantitative estimate of drug-likeness (QED) is 0.271. The normalized spacial score (nSPS) is 11.3. The number of carbonyl (C=O) groups excluding carboxylic acids is 2. The first-order valence-electron chi connectivity index (χ1n) is 11.1. The van der Waals surface area contributed by atoms with Gasteiger partial charge in [-0.2, -0.15) is 5.10 Å². The molecule has 0 aliphatic heterocycles. The third kappa shape index (κ3) is 6.11. The molecule has 0 atom stereocenters. The molecule has 0 unspecified atom stereocenters. The van der Waals surface area contributed by atoms with Gasteiger partial charge < -0.3 is 15.4 Å². The van der Waals surface area contributed by atoms with Crippen LogP contribution in [0, 0.1) is 6.92 Å². The van der Waals surface area contributed by atoms with E-state index in [9.17, 15) is 9.59 Å². The van der Waals surface area contributed by atoms with Gasteiger partial charge in [-0.25, -0.2) is 4.68 Å². The summed E-state index contributed by atoms with van der Waals surface area (Å²) in [6.45, 7) is 2.62. The molecule has 0 aliphatic carbocycles. The Morgan fingerprint density at radius 3 is 2.51 bits per heavy atom. The molecule has 2 N–H and O–H groups in total. The molecule has 0 bridgehead atoms. The first kappa shape index (κ1) is 24.1. The van der Waals surface area contributed by atoms with Gasteiger partial charge in [-0.15, -0.1) is 11.3 Å². The zero-order valence-corrected chi connectivity index (χ0v) is 20.3. The van der Waals surface area contributed by atoms with Crippen molar-refractivity contribution >= 4 is 29.2 Å². The van der Waals surface area contributed by atoms with E-state index in [-0.39, 0.29) is 11.6 Å². The molecule has 4 rings (SSSR count). The number of hydrogen-bond donors (Lipinski definition) is 2. The van der Waals surface area contributed by atoms with Crippen molar-refractivity contribution in [1.29, 1.82) is 0 Å². The van der Waals surface area contributed by atoms with Crippen molar-refractivity contribution in [3.63, 3.8) is 0 Å². The molecular weight excluding hydrogens is 460 g/mol. The molecule has 178 valence electrons. The van der Waals surface area contributed by atoms with Crippen LogP contribution in [0.3, 0.4) is 0 Å². The van der Waals surface area contributed by atoms with Gasteiger partial charge in [-0.3, -0.25) is 9.59 Å². The summed E-state index contributed by atoms with van der Waals surface area (Å²) in [5.41, 5.74) is 3.94. The van der Waals surface area contributed by atoms with E-state index >= 15 is 0 Å². The van der Waals surface area contributed by atoms with Crippen molar-refractivity contribution in [2.45, 2.75) is 6.92 Å². The maximum Gasteiger partial charge on any atom is 0.267 e. The number of aryl methyl sites for hydroxylation is 1. The number of ether oxygens (including phenoxy) is 1. The summed E-state index contributed by atoms with van der Waals surface area (Å²) in [5.74, 6) is -0.779. The van der Waals surface area contributed by atoms with Crippen molar-refractivity contribution in [2.24, 2.45) is 0 Å². The SMILES string of the molecule is COCCNC(=O)C(=Cc1cn(-c2ccccc2)nc1-c1cccs1)NC(=O)c1ccc(C)cc1. The second-order valence-electron chi connectivity index (χ2n) is 7.82. The molecule has 2 amide bonds. The molecule has 0 radical (unpaired) electrons. The fourth-order valence-electron chi connectivity index (χ4n) is 3.39. The Balaban J connectivity index is 1.73. The largest absolute Gasteiger partial charge is 0.383 e. The van der Waals surface area contributed by atoms with Crippen molar-refractivity contribution in [2.75, 3.05) is 20.3 Å². The molecule has 0 spiro atoms. The highest BCUT2D eigenvalue weighted by atomic mass is 32.1. The average molecular weight is 487 g/mol. The minimum absolute atomic E-state index is 0.122. The monoisotopic (exact) mass is 486 g/mol. The van der Waals surface area contributed by atoms with E-state index in [2.05, 4.69) is 10.6 Å². The van der Waals surface area contributed by atoms with E-state index in [0.29, 0.717) is 24.3 Å². The fraction of sp³-hybridized carbons (Fsp3) is 0.148. The predicted molar refractivity (Wildman–Crippen MR) is 138 cm³/mol. The summed E-state index contributed by atoms with van der Waals surface area (Å²) in [4.78, 5) is 27.0. The Labute approximate surface area is 208 Å². The van der Waals surface area contributed by atoms with Crippen molar-refractivity contribution < 1.29 is 14.3 Å². The minimum Gasteiger partial charge on any atom is -0.383 e. The average Bonchev–Trinajstić information content (AvgIpc) is 3.55. The molecule has 2 heterocycles. The van der Waals surface area contributed by atoms with E-state index in [4.69, 9.17) is 9.84 Å². The van der Waals surface area contributed by atoms with E-state index in [1.165, 1.54) is 0 Å². The highest BCUT2D eigenvalue weighted by Gasteiger charge is 2.18. The van der Waals surface area contributed by atoms with Gasteiger partial charge in [-0.05, 0) is 48.7 Å². The van der Waals surface area contributed by atoms with Crippen LogP contribution >= 0.6 is 11.3 Å². The number of rotatable bonds is 9. The Bertz CT molecular complexity index is 1310. The standard InChI is InChI=1S/C27H26N4O3S/c1-19-10-12-20(13-11-19)26(32)29-23(27(33)28-14-15-34-2)17-21-18-31(22-7-4-3-5-8-22)30-25(21)24-9-6-16-35-24/h3-13,16-18H,14-15H2,1-2H3,(H,28,33)(H,29,32). The van der Waals surface area contributed by atoms with Crippen molar-refractivity contribution in [3.05, 3.63) is 101 Å². The smallest absolute Gasteiger partial charge is 0.267 e. The molecule has 4 aromatic rings. The third-order valence-electron chi connectivity index (χ3n) is 5.22. The van der Waals surface area contributed by atoms with Gasteiger partial charge in [0.05, 0.1) is 17.2 Å². The topological polar surface area (TPSA) is 85.2 Å². The van der Waals surface area contributed by atoms with Gasteiger partial charge >= 0.3 is 0 Å². The second-order valence-corrected chi connectivity index (χ2v) is 8.77. The van der Waals surface area contributed by atoms with Gasteiger partial charge in [0.15, 0.2) is 0 Å². The Kier molecular flexibility index (Phi) is 7.87. The summed E-state index contributed by atoms with van der Waals surface area (Å²) in [6, 6.07) is 20.8. The Morgan fingerprint density at radius 2 is 1.83 bits per heavy atom. The van der Waals surface area contributed by atoms with E-state index < -0.39 is 5.91 Å². The lowest BCUT2D eigenvalue weighted by Crippen LogP contribution is -2.36. The molecule has 8 heteroatoms. The van der Waals surface area contributed by atoms with Crippen LogP contribution in [0.1, 0.15) is 21.5 Å². The third-order valence-corrected chi connectivity index (χ3v) is 6.09. The summed E-state index contributed by atoms with van der Waals surface area (Å²) < 4.78 is 6.81. The number of carbonyl (C=O) groups is 2. The molecule has 2 aromatic heterocycles. The van der Waals surface area contributed by atoms with Gasteiger partial charge in [-0.1, -0.05) is 42.0 Å². The predicted octanol–water partition coefficient (Wildman–Crippen LogP) is 4.44. The second kappa shape index (κ2) is 11.4. The first-order chi connectivity index (χ1) is 17.0. The van der Waals surface area contributed by atoms with Crippen LogP contribution < -0.4 is 10.6 Å². The summed E-state index contributed by atoms with van der Waals surface area (Å²) in [6.07, 6.45) is 3.51. The first-order valence-corrected chi connectivity index (χ1v) is 12.0. The van der Waals surface area contributed by atoms with E-state index in [1.807, 2.05) is 73.1 Å². The molecule has 2 aromatic carbocycles. The molecular formula is C27H26N4O3S. The molecule has 0 saturated heterocycles. The lowest BCUT2D eigenvalue weighted by Gasteiger charge is -2.11. The van der Waals surface area contributed by atoms with Crippen LogP contribution in [0.25, 0.3) is 22.3 Å². The Hall–Kier alpha value is -4.01. The fourth-order valence-corrected chi connectivity index (χ4v) is 4.12. The molecule has 0 saturated carbocycles. The number of benzene rings is 2. The van der Waals surface area contributed by atoms with Crippen LogP contribution in [0.4, 0.5) is 0 Å². The lowest BCUT2D eigenvalue weighted by atomic mass is 10.1. The van der Waals surface area contributed by atoms with Gasteiger partial charge in [0.1, 0.15) is 11.4 Å². The van der Waals surface area contributed by atoms with Crippen LogP contribution in [0.5, 0.6) is 0 Å². The molecule has 0 fully saturated rings. The number of amides is 2. The molecule has 0 aliphatic rings. The maximum atomic E-state index is 13.0. The van der Waals surface area contributed by atoms with E-state index in [0.717, 1.165) is 21.8 Å². The maximum absolute atomic E-state index is 13.0. The van der Waals surface area contributed by atoms with Gasteiger partial charge in [0, 0.05) is 31.0 Å². The number of aromatic nitrogens is 2. The van der Waals surface area contributed by atoms with Crippen LogP contribution in [0.2, 0.25) is 0 Å². The number of para-hydroxylation sites is 1. The zero-order chi connectivity index (χ0) is 24.6. The number of nitrogens with one attached hydrogen (secondary N) is 2. The van der Waals surface area contributed by atoms with Crippen LogP contribution in [0.15, 0.2) is 84.0 Å². The number of hydrogen-bond acceptors (Lipinski definition) is 5. The highest BCUT2D eigenvalue weighted by Crippen LogP contribution is 2.29. The van der Waals surface area contributed by atoms with Gasteiger partial charge in [0.2, 0.25) is 0 Å². The van der Waals surface area contributed by atoms with Crippen LogP contribution in [-0.2, 0) is 9.53 Å². The Morgan fingerprint density at radius 1 is 1.06 bits per heavy atom. The number of thiophene rings is 1. The number of methoxy groups -OCH3 is 1. The highest BCUT2D eigenvalue weighted by molar-refractivity contribution is 7.13. The van der Waals surface area contributed by atoms with Crippen molar-refractivity contribution in [1.82, 2.24) is 20.4 Å². The number of nitrogens with zero attached hydrogens (tertiary/aromatic N) is 2.